The number of pyridine rings is 1. The third kappa shape index (κ3) is 5.55. The Kier molecular flexibility index (Phi) is 7.47. The summed E-state index contributed by atoms with van der Waals surface area (Å²) in [7, 11) is 0. The number of hydrogen-bond acceptors (Lipinski definition) is 4. The monoisotopic (exact) mass is 559 g/mol. The molecule has 0 bridgehead atoms. The van der Waals surface area contributed by atoms with Gasteiger partial charge in [-0.1, -0.05) is 42.5 Å². The van der Waals surface area contributed by atoms with E-state index in [2.05, 4.69) is 68.5 Å². The van der Waals surface area contributed by atoms with E-state index in [1.807, 2.05) is 78.9 Å². The lowest BCUT2D eigenvalue weighted by molar-refractivity contribution is -0.118. The van der Waals surface area contributed by atoms with Crippen LogP contribution < -0.4 is 20.3 Å². The number of amides is 1. The number of ether oxygens (including phenoxy) is 1. The van der Waals surface area contributed by atoms with Crippen LogP contribution in [0.2, 0.25) is 0 Å². The van der Waals surface area contributed by atoms with E-state index >= 15 is 0 Å². The molecule has 2 atom stereocenters. The highest BCUT2D eigenvalue weighted by atomic mass is 32.1. The summed E-state index contributed by atoms with van der Waals surface area (Å²) in [6.07, 6.45) is 3.89. The van der Waals surface area contributed by atoms with Crippen molar-refractivity contribution in [3.8, 4) is 11.4 Å². The summed E-state index contributed by atoms with van der Waals surface area (Å²) >= 11 is 5.91. The first-order chi connectivity index (χ1) is 20.1. The third-order valence-corrected chi connectivity index (χ3v) is 7.41. The second-order valence-electron chi connectivity index (χ2n) is 9.78. The van der Waals surface area contributed by atoms with E-state index in [1.54, 1.807) is 6.20 Å². The predicted octanol–water partition coefficient (Wildman–Crippen LogP) is 6.38. The zero-order chi connectivity index (χ0) is 28.2. The summed E-state index contributed by atoms with van der Waals surface area (Å²) in [4.78, 5) is 19.3. The summed E-state index contributed by atoms with van der Waals surface area (Å²) < 4.78 is 7.79. The van der Waals surface area contributed by atoms with E-state index in [1.165, 1.54) is 5.56 Å². The van der Waals surface area contributed by atoms with Crippen molar-refractivity contribution in [2.75, 3.05) is 16.8 Å². The van der Waals surface area contributed by atoms with Crippen molar-refractivity contribution in [1.82, 2.24) is 14.9 Å². The molecular formula is C33H29N5O2S. The number of anilines is 2. The zero-order valence-corrected chi connectivity index (χ0v) is 23.3. The molecule has 1 amide bonds. The van der Waals surface area contributed by atoms with Crippen molar-refractivity contribution in [2.24, 2.45) is 0 Å². The maximum Gasteiger partial charge on any atom is 0.262 e. The lowest BCUT2D eigenvalue weighted by Crippen LogP contribution is -2.30. The van der Waals surface area contributed by atoms with Gasteiger partial charge in [-0.25, -0.2) is 0 Å². The van der Waals surface area contributed by atoms with Gasteiger partial charge < -0.3 is 24.8 Å². The number of hydrogen-bond donors (Lipinski definition) is 2. The molecule has 0 saturated carbocycles. The van der Waals surface area contributed by atoms with Gasteiger partial charge in [-0.3, -0.25) is 9.78 Å². The molecule has 204 valence electrons. The summed E-state index contributed by atoms with van der Waals surface area (Å²) in [5, 5.41) is 7.04. The van der Waals surface area contributed by atoms with Gasteiger partial charge in [-0.05, 0) is 91.4 Å². The Morgan fingerprint density at radius 2 is 1.68 bits per heavy atom. The molecule has 3 heterocycles. The number of aromatic nitrogens is 2. The minimum absolute atomic E-state index is 0.0738. The van der Waals surface area contributed by atoms with Crippen LogP contribution >= 0.6 is 12.2 Å². The van der Waals surface area contributed by atoms with E-state index in [0.29, 0.717) is 16.5 Å². The largest absolute Gasteiger partial charge is 0.484 e. The van der Waals surface area contributed by atoms with Crippen LogP contribution in [0.1, 0.15) is 29.0 Å². The van der Waals surface area contributed by atoms with Crippen LogP contribution in [0, 0.1) is 6.92 Å². The number of benzene rings is 3. The van der Waals surface area contributed by atoms with Crippen LogP contribution in [-0.2, 0) is 4.79 Å². The lowest BCUT2D eigenvalue weighted by Gasteiger charge is -2.29. The van der Waals surface area contributed by atoms with E-state index < -0.39 is 0 Å². The van der Waals surface area contributed by atoms with Crippen LogP contribution in [0.5, 0.6) is 5.75 Å². The summed E-state index contributed by atoms with van der Waals surface area (Å²) in [5.74, 6) is 0.418. The first-order valence-electron chi connectivity index (χ1n) is 13.4. The number of carbonyl (C=O) groups is 1. The molecule has 2 aromatic heterocycles. The molecule has 1 aliphatic heterocycles. The number of para-hydroxylation sites is 2. The number of aryl methyl sites for hydroxylation is 1. The van der Waals surface area contributed by atoms with Gasteiger partial charge in [0.15, 0.2) is 11.7 Å². The van der Waals surface area contributed by atoms with Gasteiger partial charge in [0.1, 0.15) is 11.8 Å². The maximum absolute atomic E-state index is 12.5. The first-order valence-corrected chi connectivity index (χ1v) is 13.8. The minimum Gasteiger partial charge on any atom is -0.484 e. The van der Waals surface area contributed by atoms with Gasteiger partial charge in [-0.2, -0.15) is 0 Å². The molecule has 3 aromatic carbocycles. The SMILES string of the molecule is Cc1ccccc1-n1cccc1[C@@H]1[C@H](c2ccccn2)NC(=S)N1c1ccc(NC(=O)COc2ccccc2)cc1. The fraction of sp³-hybridized carbons (Fsp3) is 0.121. The highest BCUT2D eigenvalue weighted by Crippen LogP contribution is 2.42. The molecule has 0 spiro atoms. The van der Waals surface area contributed by atoms with Crippen molar-refractivity contribution in [1.29, 1.82) is 0 Å². The number of thiocarbonyl (C=S) groups is 1. The molecule has 41 heavy (non-hydrogen) atoms. The molecule has 0 aliphatic carbocycles. The van der Waals surface area contributed by atoms with Gasteiger partial charge in [0.2, 0.25) is 0 Å². The molecule has 0 radical (unpaired) electrons. The predicted molar refractivity (Wildman–Crippen MR) is 165 cm³/mol. The molecule has 1 fully saturated rings. The zero-order valence-electron chi connectivity index (χ0n) is 22.5. The Labute approximate surface area is 244 Å². The minimum atomic E-state index is -0.232. The van der Waals surface area contributed by atoms with Gasteiger partial charge >= 0.3 is 0 Å². The second kappa shape index (κ2) is 11.7. The average molecular weight is 560 g/mol. The van der Waals surface area contributed by atoms with Crippen molar-refractivity contribution in [2.45, 2.75) is 19.0 Å². The van der Waals surface area contributed by atoms with Crippen molar-refractivity contribution < 1.29 is 9.53 Å². The van der Waals surface area contributed by atoms with Gasteiger partial charge in [0.25, 0.3) is 5.91 Å². The van der Waals surface area contributed by atoms with Gasteiger partial charge in [-0.15, -0.1) is 0 Å². The molecular weight excluding hydrogens is 530 g/mol. The maximum atomic E-state index is 12.5. The smallest absolute Gasteiger partial charge is 0.262 e. The quantitative estimate of drug-likeness (QED) is 0.215. The molecule has 7 nitrogen and oxygen atoms in total. The third-order valence-electron chi connectivity index (χ3n) is 7.10. The normalized spacial score (nSPS) is 16.3. The highest BCUT2D eigenvalue weighted by Gasteiger charge is 2.42. The molecule has 5 aromatic rings. The Bertz CT molecular complexity index is 1650. The number of nitrogens with zero attached hydrogens (tertiary/aromatic N) is 3. The molecule has 0 unspecified atom stereocenters. The van der Waals surface area contributed by atoms with Gasteiger partial charge in [0, 0.05) is 35.1 Å². The molecule has 6 rings (SSSR count). The number of rotatable bonds is 8. The van der Waals surface area contributed by atoms with Crippen molar-refractivity contribution in [3.05, 3.63) is 139 Å². The Hall–Kier alpha value is -4.95. The fourth-order valence-electron chi connectivity index (χ4n) is 5.19. The standard InChI is InChI=1S/C33H29N5O2S/c1-23-10-5-6-14-28(23)37-21-9-15-29(37)32-31(27-13-7-8-20-34-27)36-33(41)38(32)25-18-16-24(17-19-25)35-30(39)22-40-26-11-3-2-4-12-26/h2-21,31-32H,22H2,1H3,(H,35,39)(H,36,41)/t31-,32+/m0/s1. The molecule has 1 aliphatic rings. The first kappa shape index (κ1) is 26.3. The molecule has 2 N–H and O–H groups in total. The van der Waals surface area contributed by atoms with Crippen molar-refractivity contribution in [3.63, 3.8) is 0 Å². The fourth-order valence-corrected chi connectivity index (χ4v) is 5.54. The Morgan fingerprint density at radius 1 is 0.927 bits per heavy atom. The van der Waals surface area contributed by atoms with Gasteiger partial charge in [0.05, 0.1) is 11.7 Å². The highest BCUT2D eigenvalue weighted by molar-refractivity contribution is 7.80. The topological polar surface area (TPSA) is 71.4 Å². The number of nitrogens with one attached hydrogen (secondary N) is 2. The van der Waals surface area contributed by atoms with Crippen LogP contribution in [0.3, 0.4) is 0 Å². The van der Waals surface area contributed by atoms with E-state index in [4.69, 9.17) is 17.0 Å². The van der Waals surface area contributed by atoms with Crippen molar-refractivity contribution >= 4 is 34.6 Å². The average Bonchev–Trinajstić information content (AvgIpc) is 3.62. The Balaban J connectivity index is 1.29. The van der Waals surface area contributed by atoms with Crippen LogP contribution in [0.4, 0.5) is 11.4 Å². The van der Waals surface area contributed by atoms with Crippen LogP contribution in [-0.4, -0.2) is 27.2 Å². The molecule has 8 heteroatoms. The van der Waals surface area contributed by atoms with Crippen LogP contribution in [0.25, 0.3) is 5.69 Å². The summed E-state index contributed by atoms with van der Waals surface area (Å²) in [6.45, 7) is 2.04. The lowest BCUT2D eigenvalue weighted by atomic mass is 10.0. The molecule has 1 saturated heterocycles. The van der Waals surface area contributed by atoms with E-state index in [-0.39, 0.29) is 24.6 Å². The van der Waals surface area contributed by atoms with E-state index in [0.717, 1.165) is 22.8 Å². The summed E-state index contributed by atoms with van der Waals surface area (Å²) in [6, 6.07) is 35.1. The van der Waals surface area contributed by atoms with E-state index in [9.17, 15) is 4.79 Å². The second-order valence-corrected chi connectivity index (χ2v) is 10.2. The Morgan fingerprint density at radius 3 is 2.44 bits per heavy atom. The van der Waals surface area contributed by atoms with Crippen LogP contribution in [0.15, 0.2) is 122 Å². The number of carbonyl (C=O) groups excluding carboxylic acids is 1. The summed E-state index contributed by atoms with van der Waals surface area (Å²) in [5.41, 5.74) is 5.85.